The van der Waals surface area contributed by atoms with Gasteiger partial charge in [0, 0.05) is 6.42 Å². The Bertz CT molecular complexity index is 1040. The number of hydrogen-bond donors (Lipinski definition) is 1. The van der Waals surface area contributed by atoms with Crippen molar-refractivity contribution in [1.82, 2.24) is 0 Å². The van der Waals surface area contributed by atoms with Crippen molar-refractivity contribution in [3.8, 4) is 0 Å². The second-order valence-corrected chi connectivity index (χ2v) is 10.7. The van der Waals surface area contributed by atoms with E-state index in [1.54, 1.807) is 0 Å². The number of alkyl halides is 25. The Labute approximate surface area is 258 Å². The molecule has 0 amide bonds. The van der Waals surface area contributed by atoms with E-state index in [1.807, 2.05) is 0 Å². The van der Waals surface area contributed by atoms with Crippen LogP contribution in [0.15, 0.2) is 0 Å². The average Bonchev–Trinajstić information content (AvgIpc) is 2.90. The summed E-state index contributed by atoms with van der Waals surface area (Å²) in [5.41, 5.74) is 0. The minimum Gasteiger partial charge on any atom is -0.200 e. The van der Waals surface area contributed by atoms with Gasteiger partial charge in [0.05, 0.1) is 0 Å². The zero-order valence-corrected chi connectivity index (χ0v) is 23.9. The van der Waals surface area contributed by atoms with Crippen molar-refractivity contribution in [1.29, 1.82) is 0 Å². The van der Waals surface area contributed by atoms with Crippen LogP contribution in [-0.4, -0.2) is 77.1 Å². The highest BCUT2D eigenvalue weighted by atomic mass is 32.1. The molecule has 0 spiro atoms. The lowest BCUT2D eigenvalue weighted by atomic mass is 9.84. The van der Waals surface area contributed by atoms with Crippen LogP contribution in [0, 0.1) is 0 Å². The molecule has 0 fully saturated rings. The fourth-order valence-electron chi connectivity index (χ4n) is 3.66. The van der Waals surface area contributed by atoms with E-state index in [1.165, 1.54) is 0 Å². The quantitative estimate of drug-likeness (QED) is 0.0709. The van der Waals surface area contributed by atoms with E-state index in [4.69, 9.17) is 0 Å². The van der Waals surface area contributed by atoms with Gasteiger partial charge in [-0.1, -0.05) is 38.5 Å². The third-order valence-electron chi connectivity index (χ3n) is 6.76. The number of halogens is 25. The first-order valence-corrected chi connectivity index (χ1v) is 13.3. The first kappa shape index (κ1) is 46.6. The highest BCUT2D eigenvalue weighted by Gasteiger charge is 2.99. The van der Waals surface area contributed by atoms with Gasteiger partial charge in [0.2, 0.25) is 0 Å². The van der Waals surface area contributed by atoms with Crippen molar-refractivity contribution < 1.29 is 110 Å². The summed E-state index contributed by atoms with van der Waals surface area (Å²) in [6, 6.07) is 0. The summed E-state index contributed by atoms with van der Waals surface area (Å²) < 4.78 is 337. The van der Waals surface area contributed by atoms with Gasteiger partial charge < -0.3 is 0 Å². The van der Waals surface area contributed by atoms with Crippen LogP contribution in [-0.2, 0) is 0 Å². The number of rotatable bonds is 20. The van der Waals surface area contributed by atoms with Gasteiger partial charge in [-0.25, -0.2) is 0 Å². The molecule has 0 unspecified atom stereocenters. The molecule has 0 aromatic rings. The van der Waals surface area contributed by atoms with E-state index in [-0.39, 0.29) is 12.8 Å². The SMILES string of the molecule is FC(F)(F)C(F)(F)C(F)(F)C(F)(F)C(F)(F)C(F)(F)C(F)(F)C(F)(F)C(F)(F)C(F)(F)C(F)(F)C(F)(F)CCCCCCCCCCS. The second-order valence-electron chi connectivity index (χ2n) is 10.2. The van der Waals surface area contributed by atoms with E-state index in [0.717, 1.165) is 0 Å². The molecule has 0 heterocycles. The van der Waals surface area contributed by atoms with Gasteiger partial charge >= 0.3 is 71.3 Å². The molecule has 0 nitrogen and oxygen atoms in total. The van der Waals surface area contributed by atoms with Crippen LogP contribution in [0.3, 0.4) is 0 Å². The molecule has 0 aliphatic heterocycles. The summed E-state index contributed by atoms with van der Waals surface area (Å²) in [6.07, 6.45) is -10.4. The molecule has 0 aliphatic rings. The van der Waals surface area contributed by atoms with Gasteiger partial charge in [-0.15, -0.1) is 0 Å². The minimum atomic E-state index is -9.57. The fourth-order valence-corrected chi connectivity index (χ4v) is 3.89. The second kappa shape index (κ2) is 14.0. The van der Waals surface area contributed by atoms with Crippen LogP contribution in [0.4, 0.5) is 110 Å². The summed E-state index contributed by atoms with van der Waals surface area (Å²) in [7, 11) is 0. The monoisotopic (exact) mass is 792 g/mol. The lowest BCUT2D eigenvalue weighted by molar-refractivity contribution is -0.482. The Morgan fingerprint density at radius 3 is 0.708 bits per heavy atom. The molecule has 0 saturated heterocycles. The van der Waals surface area contributed by atoms with Crippen LogP contribution >= 0.6 is 12.6 Å². The van der Waals surface area contributed by atoms with Crippen molar-refractivity contribution in [3.63, 3.8) is 0 Å². The molecule has 0 aliphatic carbocycles. The first-order valence-electron chi connectivity index (χ1n) is 12.6. The molecule has 0 rings (SSSR count). The van der Waals surface area contributed by atoms with Gasteiger partial charge in [0.1, 0.15) is 0 Å². The highest BCUT2D eigenvalue weighted by molar-refractivity contribution is 7.80. The summed E-state index contributed by atoms with van der Waals surface area (Å²) >= 11 is 3.89. The van der Waals surface area contributed by atoms with Crippen molar-refractivity contribution in [2.24, 2.45) is 0 Å². The fraction of sp³-hybridized carbons (Fsp3) is 1.00. The van der Waals surface area contributed by atoms with E-state index in [2.05, 4.69) is 12.6 Å². The number of hydrogen-bond acceptors (Lipinski definition) is 1. The zero-order chi connectivity index (χ0) is 39.1. The van der Waals surface area contributed by atoms with E-state index in [9.17, 15) is 110 Å². The summed E-state index contributed by atoms with van der Waals surface area (Å²) in [4.78, 5) is 0. The Kier molecular flexibility index (Phi) is 13.6. The summed E-state index contributed by atoms with van der Waals surface area (Å²) in [6.45, 7) is 0. The Morgan fingerprint density at radius 2 is 0.458 bits per heavy atom. The van der Waals surface area contributed by atoms with E-state index >= 15 is 0 Å². The maximum Gasteiger partial charge on any atom is 0.460 e. The van der Waals surface area contributed by atoms with Crippen LogP contribution in [0.5, 0.6) is 0 Å². The van der Waals surface area contributed by atoms with E-state index < -0.39 is 90.6 Å². The molecule has 0 aromatic carbocycles. The molecule has 0 N–H and O–H groups in total. The molecule has 0 aromatic heterocycles. The normalized spacial score (nSPS) is 16.1. The Morgan fingerprint density at radius 1 is 0.250 bits per heavy atom. The van der Waals surface area contributed by atoms with Crippen molar-refractivity contribution in [3.05, 3.63) is 0 Å². The van der Waals surface area contributed by atoms with Gasteiger partial charge in [-0.2, -0.15) is 122 Å². The molecule has 26 heteroatoms. The Hall–Kier alpha value is -1.40. The Balaban J connectivity index is 6.61. The highest BCUT2D eigenvalue weighted by Crippen LogP contribution is 2.67. The maximum absolute atomic E-state index is 14.0. The predicted molar refractivity (Wildman–Crippen MR) is 116 cm³/mol. The van der Waals surface area contributed by atoms with Gasteiger partial charge in [-0.3, -0.25) is 0 Å². The third kappa shape index (κ3) is 7.06. The average molecular weight is 792 g/mol. The predicted octanol–water partition coefficient (Wildman–Crippen LogP) is 12.0. The van der Waals surface area contributed by atoms with Gasteiger partial charge in [0.25, 0.3) is 0 Å². The van der Waals surface area contributed by atoms with Gasteiger partial charge in [0.15, 0.2) is 0 Å². The first-order chi connectivity index (χ1) is 20.8. The minimum absolute atomic E-state index is 0.124. The van der Waals surface area contributed by atoms with E-state index in [0.29, 0.717) is 31.4 Å². The smallest absolute Gasteiger partial charge is 0.200 e. The van der Waals surface area contributed by atoms with Gasteiger partial charge in [-0.05, 0) is 18.6 Å². The largest absolute Gasteiger partial charge is 0.460 e. The van der Waals surface area contributed by atoms with Crippen molar-refractivity contribution in [2.75, 3.05) is 5.75 Å². The third-order valence-corrected chi connectivity index (χ3v) is 7.08. The zero-order valence-electron chi connectivity index (χ0n) is 23.0. The molecule has 0 saturated carbocycles. The molecule has 0 radical (unpaired) electrons. The molecule has 0 bridgehead atoms. The summed E-state index contributed by atoms with van der Waals surface area (Å²) in [5.74, 6) is -97.2. The standard InChI is InChI=1S/C22H21F25S/c23-11(24,9-7-5-3-1-2-4-6-8-10-48)12(25,26)13(27,28)14(29,30)15(31,32)16(33,34)17(35,36)18(37,38)19(39,40)20(41,42)21(43,44)22(45,46)47/h48H,1-10H2. The van der Waals surface area contributed by atoms with Crippen LogP contribution in [0.2, 0.25) is 0 Å². The maximum atomic E-state index is 14.0. The molecule has 0 atom stereocenters. The number of unbranched alkanes of at least 4 members (excludes halogenated alkanes) is 7. The number of thiol groups is 1. The topological polar surface area (TPSA) is 0 Å². The van der Waals surface area contributed by atoms with Crippen molar-refractivity contribution >= 4 is 12.6 Å². The van der Waals surface area contributed by atoms with Crippen molar-refractivity contribution in [2.45, 2.75) is 129 Å². The molecule has 48 heavy (non-hydrogen) atoms. The van der Waals surface area contributed by atoms with Crippen LogP contribution in [0.25, 0.3) is 0 Å². The summed E-state index contributed by atoms with van der Waals surface area (Å²) in [5, 5.41) is 0. The molecular weight excluding hydrogens is 771 g/mol. The molecule has 290 valence electrons. The lowest BCUT2D eigenvalue weighted by Crippen LogP contribution is -2.78. The van der Waals surface area contributed by atoms with Crippen LogP contribution in [0.1, 0.15) is 57.8 Å². The van der Waals surface area contributed by atoms with Crippen LogP contribution < -0.4 is 0 Å². The molecular formula is C22H21F25S. The lowest BCUT2D eigenvalue weighted by Gasteiger charge is -2.45.